The van der Waals surface area contributed by atoms with Gasteiger partial charge in [-0.2, -0.15) is 5.26 Å². The Hall–Kier alpha value is -2.58. The molecule has 0 amide bonds. The summed E-state index contributed by atoms with van der Waals surface area (Å²) < 4.78 is 10.1. The topological polar surface area (TPSA) is 76.4 Å². The first-order chi connectivity index (χ1) is 13.0. The van der Waals surface area contributed by atoms with Crippen molar-refractivity contribution in [1.29, 1.82) is 5.26 Å². The lowest BCUT2D eigenvalue weighted by molar-refractivity contribution is -0.168. The molecular weight excluding hydrogens is 378 g/mol. The van der Waals surface area contributed by atoms with Gasteiger partial charge < -0.3 is 9.47 Å². The average Bonchev–Trinajstić information content (AvgIpc) is 2.59. The molecule has 0 saturated heterocycles. The van der Waals surface area contributed by atoms with Crippen molar-refractivity contribution in [2.24, 2.45) is 0 Å². The van der Waals surface area contributed by atoms with Gasteiger partial charge in [0.05, 0.1) is 10.6 Å². The molecule has 1 aliphatic heterocycles. The first-order valence-corrected chi connectivity index (χ1v) is 9.13. The molecule has 1 atom stereocenters. The van der Waals surface area contributed by atoms with Gasteiger partial charge in [0.1, 0.15) is 18.3 Å². The van der Waals surface area contributed by atoms with Gasteiger partial charge in [-0.1, -0.05) is 29.3 Å². The molecule has 5 nitrogen and oxygen atoms in total. The molecule has 1 unspecified atom stereocenters. The number of nitriles is 1. The van der Waals surface area contributed by atoms with Crippen molar-refractivity contribution < 1.29 is 19.1 Å². The molecule has 0 N–H and O–H groups in total. The van der Waals surface area contributed by atoms with Crippen LogP contribution in [-0.2, 0) is 19.1 Å². The minimum absolute atomic E-state index is 0.110. The molecule has 0 aliphatic carbocycles. The highest BCUT2D eigenvalue weighted by atomic mass is 35.5. The van der Waals surface area contributed by atoms with E-state index in [1.165, 1.54) is 6.92 Å². The lowest BCUT2D eigenvalue weighted by Crippen LogP contribution is -2.41. The van der Waals surface area contributed by atoms with E-state index in [1.54, 1.807) is 32.1 Å². The van der Waals surface area contributed by atoms with Crippen molar-refractivity contribution in [2.45, 2.75) is 53.6 Å². The Bertz CT molecular complexity index is 792. The van der Waals surface area contributed by atoms with Crippen LogP contribution in [0.4, 0.5) is 0 Å². The van der Waals surface area contributed by atoms with Crippen molar-refractivity contribution in [3.8, 4) is 6.07 Å². The van der Waals surface area contributed by atoms with E-state index in [0.717, 1.165) is 11.1 Å². The minimum Gasteiger partial charge on any atom is -0.462 e. The van der Waals surface area contributed by atoms with Crippen LogP contribution in [0.15, 0.2) is 42.0 Å². The molecule has 0 fully saturated rings. The Morgan fingerprint density at radius 3 is 2.43 bits per heavy atom. The quantitative estimate of drug-likeness (QED) is 0.492. The maximum Gasteiger partial charge on any atom is 0.334 e. The Balaban J connectivity index is 0.000000483. The third-order valence-corrected chi connectivity index (χ3v) is 4.06. The van der Waals surface area contributed by atoms with Crippen LogP contribution in [0.3, 0.4) is 0 Å². The van der Waals surface area contributed by atoms with Gasteiger partial charge in [0.15, 0.2) is 0 Å². The summed E-state index contributed by atoms with van der Waals surface area (Å²) in [7, 11) is 0. The highest BCUT2D eigenvalue weighted by molar-refractivity contribution is 6.31. The number of hydrogen-bond acceptors (Lipinski definition) is 5. The van der Waals surface area contributed by atoms with Crippen LogP contribution in [0.1, 0.15) is 52.2 Å². The Labute approximate surface area is 172 Å². The van der Waals surface area contributed by atoms with Crippen LogP contribution < -0.4 is 0 Å². The Morgan fingerprint density at radius 1 is 1.43 bits per heavy atom. The van der Waals surface area contributed by atoms with E-state index < -0.39 is 5.60 Å². The van der Waals surface area contributed by atoms with E-state index in [0.29, 0.717) is 22.6 Å². The molecular formula is C22H28ClNO4. The molecule has 6 heteroatoms. The zero-order valence-corrected chi connectivity index (χ0v) is 18.1. The number of esters is 2. The molecule has 152 valence electrons. The standard InChI is InChI=1S/C11H16O4.C8H6ClN.C3H6/c1-7-5-11(4,6-14-9(3)12)15-10(13)8(7)2;1-6-2-3-7(5-10)8(9)4-6;1-3-2/h5-6H2,1-4H3;2-4H,1H3;3H,1H2,2H3. The Kier molecular flexibility index (Phi) is 10.9. The predicted molar refractivity (Wildman–Crippen MR) is 111 cm³/mol. The van der Waals surface area contributed by atoms with Crippen LogP contribution in [0.25, 0.3) is 0 Å². The van der Waals surface area contributed by atoms with Crippen LogP contribution in [-0.4, -0.2) is 24.1 Å². The third-order valence-electron chi connectivity index (χ3n) is 3.75. The van der Waals surface area contributed by atoms with E-state index in [4.69, 9.17) is 26.3 Å². The number of benzene rings is 1. The van der Waals surface area contributed by atoms with Crippen LogP contribution in [0, 0.1) is 18.3 Å². The summed E-state index contributed by atoms with van der Waals surface area (Å²) in [5, 5.41) is 9.00. The van der Waals surface area contributed by atoms with Gasteiger partial charge in [0.25, 0.3) is 0 Å². The number of halogens is 1. The number of nitrogens with zero attached hydrogens (tertiary/aromatic N) is 1. The summed E-state index contributed by atoms with van der Waals surface area (Å²) in [6.07, 6.45) is 2.36. The van der Waals surface area contributed by atoms with E-state index in [9.17, 15) is 9.59 Å². The fourth-order valence-electron chi connectivity index (χ4n) is 2.25. The lowest BCUT2D eigenvalue weighted by atomic mass is 9.92. The molecule has 0 aromatic heterocycles. The predicted octanol–water partition coefficient (Wildman–Crippen LogP) is 5.30. The van der Waals surface area contributed by atoms with Gasteiger partial charge in [-0.05, 0) is 52.3 Å². The van der Waals surface area contributed by atoms with E-state index in [1.807, 2.05) is 32.9 Å². The number of cyclic esters (lactones) is 1. The summed E-state index contributed by atoms with van der Waals surface area (Å²) >= 11 is 5.71. The van der Waals surface area contributed by atoms with Gasteiger partial charge in [-0.3, -0.25) is 4.79 Å². The van der Waals surface area contributed by atoms with Gasteiger partial charge in [-0.15, -0.1) is 6.58 Å². The molecule has 0 saturated carbocycles. The average molecular weight is 406 g/mol. The molecule has 0 radical (unpaired) electrons. The lowest BCUT2D eigenvalue weighted by Gasteiger charge is -2.33. The highest BCUT2D eigenvalue weighted by Gasteiger charge is 2.36. The summed E-state index contributed by atoms with van der Waals surface area (Å²) in [6, 6.07) is 7.35. The van der Waals surface area contributed by atoms with E-state index in [-0.39, 0.29) is 18.5 Å². The molecule has 1 aromatic rings. The Morgan fingerprint density at radius 2 is 2.00 bits per heavy atom. The maximum atomic E-state index is 11.4. The molecule has 28 heavy (non-hydrogen) atoms. The van der Waals surface area contributed by atoms with Gasteiger partial charge >= 0.3 is 11.9 Å². The zero-order valence-electron chi connectivity index (χ0n) is 17.4. The summed E-state index contributed by atoms with van der Waals surface area (Å²) in [4.78, 5) is 22.1. The van der Waals surface area contributed by atoms with Crippen LogP contribution in [0.2, 0.25) is 5.02 Å². The van der Waals surface area contributed by atoms with Gasteiger partial charge in [0, 0.05) is 18.9 Å². The van der Waals surface area contributed by atoms with Crippen molar-refractivity contribution >= 4 is 23.5 Å². The second-order valence-corrected chi connectivity index (χ2v) is 7.11. The number of rotatable bonds is 2. The van der Waals surface area contributed by atoms with Crippen LogP contribution in [0.5, 0.6) is 0 Å². The van der Waals surface area contributed by atoms with Crippen LogP contribution >= 0.6 is 11.6 Å². The van der Waals surface area contributed by atoms with Crippen molar-refractivity contribution in [1.82, 2.24) is 0 Å². The highest BCUT2D eigenvalue weighted by Crippen LogP contribution is 2.29. The number of carbonyl (C=O) groups is 2. The van der Waals surface area contributed by atoms with Gasteiger partial charge in [0.2, 0.25) is 0 Å². The number of allylic oxidation sites excluding steroid dienone is 1. The first kappa shape index (κ1) is 25.4. The summed E-state index contributed by atoms with van der Waals surface area (Å²) in [5.41, 5.74) is 2.53. The number of ether oxygens (including phenoxy) is 2. The molecule has 0 spiro atoms. The summed E-state index contributed by atoms with van der Waals surface area (Å²) in [6.45, 7) is 14.0. The molecule has 1 aliphatic rings. The largest absolute Gasteiger partial charge is 0.462 e. The number of carbonyl (C=O) groups excluding carboxylic acids is 2. The van der Waals surface area contributed by atoms with Crippen molar-refractivity contribution in [3.63, 3.8) is 0 Å². The second-order valence-electron chi connectivity index (χ2n) is 6.71. The van der Waals surface area contributed by atoms with Crippen molar-refractivity contribution in [2.75, 3.05) is 6.61 Å². The minimum atomic E-state index is -0.716. The molecule has 2 rings (SSSR count). The SMILES string of the molecule is C=CC.CC(=O)OCC1(C)CC(C)=C(C)C(=O)O1.Cc1ccc(C#N)c(Cl)c1. The maximum absolute atomic E-state index is 11.4. The zero-order chi connectivity index (χ0) is 21.9. The molecule has 0 bridgehead atoms. The van der Waals surface area contributed by atoms with E-state index >= 15 is 0 Å². The molecule has 1 heterocycles. The van der Waals surface area contributed by atoms with E-state index in [2.05, 4.69) is 6.58 Å². The second kappa shape index (κ2) is 12.0. The molecule has 1 aromatic carbocycles. The van der Waals surface area contributed by atoms with Crippen molar-refractivity contribution in [3.05, 3.63) is 58.1 Å². The van der Waals surface area contributed by atoms with Gasteiger partial charge in [-0.25, -0.2) is 4.79 Å². The third kappa shape index (κ3) is 8.88. The fourth-order valence-corrected chi connectivity index (χ4v) is 2.53. The number of hydrogen-bond donors (Lipinski definition) is 0. The normalized spacial score (nSPS) is 17.7. The monoisotopic (exact) mass is 405 g/mol. The summed E-state index contributed by atoms with van der Waals surface area (Å²) in [5.74, 6) is -0.690. The smallest absolute Gasteiger partial charge is 0.334 e. The number of aryl methyl sites for hydroxylation is 1. The fraction of sp³-hybridized carbons (Fsp3) is 0.409. The first-order valence-electron chi connectivity index (χ1n) is 8.76.